The molecule has 1 unspecified atom stereocenters. The second-order valence-electron chi connectivity index (χ2n) is 9.50. The van der Waals surface area contributed by atoms with Crippen molar-refractivity contribution >= 4 is 23.3 Å². The molecule has 2 aliphatic heterocycles. The molecule has 0 saturated carbocycles. The first-order valence-electron chi connectivity index (χ1n) is 12.6. The number of anilines is 1. The molecule has 1 saturated heterocycles. The third-order valence-electron chi connectivity index (χ3n) is 6.67. The summed E-state index contributed by atoms with van der Waals surface area (Å²) >= 11 is 0. The summed E-state index contributed by atoms with van der Waals surface area (Å²) in [6, 6.07) is 9.93. The van der Waals surface area contributed by atoms with Crippen LogP contribution in [0.5, 0.6) is 0 Å². The minimum atomic E-state index is -0.690. The lowest BCUT2D eigenvalue weighted by Crippen LogP contribution is -2.47. The summed E-state index contributed by atoms with van der Waals surface area (Å²) in [5, 5.41) is 20.3. The molecule has 2 aliphatic rings. The third-order valence-corrected chi connectivity index (χ3v) is 6.67. The van der Waals surface area contributed by atoms with Gasteiger partial charge in [0.15, 0.2) is 0 Å². The summed E-state index contributed by atoms with van der Waals surface area (Å²) < 4.78 is 0. The van der Waals surface area contributed by atoms with Crippen molar-refractivity contribution in [1.82, 2.24) is 25.1 Å². The topological polar surface area (TPSA) is 132 Å². The van der Waals surface area contributed by atoms with E-state index in [2.05, 4.69) is 48.9 Å². The summed E-state index contributed by atoms with van der Waals surface area (Å²) in [5.41, 5.74) is 3.16. The van der Waals surface area contributed by atoms with Crippen molar-refractivity contribution in [3.05, 3.63) is 53.5 Å². The molecule has 3 N–H and O–H groups in total. The number of carbonyl (C=O) groups is 2. The zero-order valence-electron chi connectivity index (χ0n) is 21.4. The minimum Gasteiger partial charge on any atom is -0.399 e. The number of oxime groups is 1. The number of fused-ring (bicyclic) bond motifs is 1. The average Bonchev–Trinajstić information content (AvgIpc) is 2.91. The largest absolute Gasteiger partial charge is 0.399 e. The van der Waals surface area contributed by atoms with E-state index >= 15 is 0 Å². The van der Waals surface area contributed by atoms with Crippen molar-refractivity contribution in [3.63, 3.8) is 0 Å². The molecule has 0 aliphatic carbocycles. The highest BCUT2D eigenvalue weighted by atomic mass is 16.6. The Hall–Kier alpha value is -3.57. The van der Waals surface area contributed by atoms with Gasteiger partial charge in [-0.25, -0.2) is 9.97 Å². The number of β-amino-alcohol motifs (C(OH)–C–C–N with tert-alkyl or cyclic N) is 1. The quantitative estimate of drug-likeness (QED) is 0.338. The maximum Gasteiger partial charge on any atom is 0.271 e. The minimum absolute atomic E-state index is 0.0182. The molecule has 2 amide bonds. The molecule has 11 heteroatoms. The number of nitrogens with zero attached hydrogens (tertiary/aromatic N) is 5. The van der Waals surface area contributed by atoms with Gasteiger partial charge in [0.1, 0.15) is 30.7 Å². The van der Waals surface area contributed by atoms with Crippen molar-refractivity contribution in [2.75, 3.05) is 45.2 Å². The van der Waals surface area contributed by atoms with Crippen LogP contribution < -0.4 is 10.6 Å². The van der Waals surface area contributed by atoms with Crippen LogP contribution in [0.4, 0.5) is 5.82 Å². The summed E-state index contributed by atoms with van der Waals surface area (Å²) in [4.78, 5) is 42.2. The van der Waals surface area contributed by atoms with Gasteiger partial charge in [0.25, 0.3) is 11.8 Å². The van der Waals surface area contributed by atoms with Gasteiger partial charge in [0, 0.05) is 51.4 Å². The third kappa shape index (κ3) is 7.23. The van der Waals surface area contributed by atoms with E-state index in [0.717, 1.165) is 32.4 Å². The lowest BCUT2D eigenvalue weighted by atomic mass is 10.00. The number of likely N-dealkylation sites (tertiary alicyclic amines) is 1. The van der Waals surface area contributed by atoms with E-state index in [4.69, 9.17) is 4.84 Å². The molecule has 0 spiro atoms. The number of piperidine rings is 1. The molecule has 3 heterocycles. The Bertz CT molecular complexity index is 1130. The first kappa shape index (κ1) is 26.5. The Morgan fingerprint density at radius 2 is 2.05 bits per heavy atom. The van der Waals surface area contributed by atoms with Crippen molar-refractivity contribution in [3.8, 4) is 0 Å². The Kier molecular flexibility index (Phi) is 9.02. The van der Waals surface area contributed by atoms with Gasteiger partial charge in [0.05, 0.1) is 6.10 Å². The normalized spacial score (nSPS) is 19.1. The Labute approximate surface area is 216 Å². The smallest absolute Gasteiger partial charge is 0.271 e. The maximum absolute atomic E-state index is 12.7. The number of rotatable bonds is 9. The molecule has 2 atom stereocenters. The van der Waals surface area contributed by atoms with Crippen LogP contribution in [0.1, 0.15) is 41.4 Å². The van der Waals surface area contributed by atoms with Crippen LogP contribution in [-0.2, 0) is 22.6 Å². The van der Waals surface area contributed by atoms with Gasteiger partial charge >= 0.3 is 0 Å². The zero-order valence-corrected chi connectivity index (χ0v) is 21.4. The van der Waals surface area contributed by atoms with E-state index in [0.29, 0.717) is 31.2 Å². The maximum atomic E-state index is 12.7. The first-order chi connectivity index (χ1) is 17.9. The standard InChI is InChI=1S/C26H35N7O4/c1-18(31-37-2)26(36)33-10-5-8-21(15-33)30-24-12-23(28-17-29-24)25(35)27-13-22(34)16-32-11-9-19-6-3-4-7-20(19)14-32/h3-4,6-7,12,17,21-22,34H,5,8-11,13-16H2,1-2H3,(H,27,35)(H,28,29,30)/b31-18+/t21?,22-/m0/s1. The molecule has 0 bridgehead atoms. The number of benzene rings is 1. The van der Waals surface area contributed by atoms with Crippen molar-refractivity contribution in [1.29, 1.82) is 0 Å². The molecular weight excluding hydrogens is 474 g/mol. The molecule has 2 aromatic rings. The van der Waals surface area contributed by atoms with Crippen LogP contribution in [-0.4, -0.2) is 94.4 Å². The number of nitrogens with one attached hydrogen (secondary N) is 2. The molecule has 0 radical (unpaired) electrons. The van der Waals surface area contributed by atoms with Crippen LogP contribution in [0.3, 0.4) is 0 Å². The molecule has 4 rings (SSSR count). The highest BCUT2D eigenvalue weighted by Gasteiger charge is 2.26. The van der Waals surface area contributed by atoms with Crippen molar-refractivity contribution in [2.24, 2.45) is 5.16 Å². The average molecular weight is 510 g/mol. The van der Waals surface area contributed by atoms with Gasteiger partial charge in [-0.15, -0.1) is 0 Å². The number of carbonyl (C=O) groups excluding carboxylic acids is 2. The molecule has 37 heavy (non-hydrogen) atoms. The van der Waals surface area contributed by atoms with E-state index in [1.165, 1.54) is 24.6 Å². The fourth-order valence-electron chi connectivity index (χ4n) is 4.83. The van der Waals surface area contributed by atoms with Gasteiger partial charge in [-0.2, -0.15) is 0 Å². The van der Waals surface area contributed by atoms with Crippen molar-refractivity contribution < 1.29 is 19.5 Å². The lowest BCUT2D eigenvalue weighted by molar-refractivity contribution is -0.125. The highest BCUT2D eigenvalue weighted by molar-refractivity contribution is 6.37. The molecule has 11 nitrogen and oxygen atoms in total. The Morgan fingerprint density at radius 3 is 2.86 bits per heavy atom. The number of hydrogen-bond donors (Lipinski definition) is 3. The predicted octanol–water partition coefficient (Wildman–Crippen LogP) is 1.05. The van der Waals surface area contributed by atoms with Gasteiger partial charge < -0.3 is 25.5 Å². The second kappa shape index (κ2) is 12.6. The van der Waals surface area contributed by atoms with Crippen LogP contribution in [0.15, 0.2) is 41.8 Å². The monoisotopic (exact) mass is 509 g/mol. The summed E-state index contributed by atoms with van der Waals surface area (Å²) in [5.74, 6) is -0.0296. The highest BCUT2D eigenvalue weighted by Crippen LogP contribution is 2.19. The SMILES string of the molecule is CO/N=C(\C)C(=O)N1CCCC(Nc2cc(C(=O)NC[C@H](O)CN3CCc4ccccc4C3)ncn2)C1. The van der Waals surface area contributed by atoms with Gasteiger partial charge in [-0.3, -0.25) is 14.5 Å². The fraction of sp³-hybridized carbons (Fsp3) is 0.500. The number of hydrogen-bond acceptors (Lipinski definition) is 9. The van der Waals surface area contributed by atoms with Crippen LogP contribution >= 0.6 is 0 Å². The van der Waals surface area contributed by atoms with E-state index in [1.54, 1.807) is 17.9 Å². The van der Waals surface area contributed by atoms with E-state index in [-0.39, 0.29) is 30.1 Å². The van der Waals surface area contributed by atoms with E-state index in [9.17, 15) is 14.7 Å². The second-order valence-corrected chi connectivity index (χ2v) is 9.50. The van der Waals surface area contributed by atoms with Crippen LogP contribution in [0.2, 0.25) is 0 Å². The fourth-order valence-corrected chi connectivity index (χ4v) is 4.83. The molecule has 1 aromatic carbocycles. The number of aliphatic hydroxyl groups is 1. The lowest BCUT2D eigenvalue weighted by Gasteiger charge is -2.33. The summed E-state index contributed by atoms with van der Waals surface area (Å²) in [6.45, 7) is 5.06. The summed E-state index contributed by atoms with van der Waals surface area (Å²) in [6.07, 6.45) is 3.30. The number of amides is 2. The number of aromatic nitrogens is 2. The van der Waals surface area contributed by atoms with Crippen molar-refractivity contribution in [2.45, 2.75) is 44.9 Å². The molecule has 1 aromatic heterocycles. The Morgan fingerprint density at radius 1 is 1.24 bits per heavy atom. The van der Waals surface area contributed by atoms with E-state index in [1.807, 2.05) is 6.07 Å². The zero-order chi connectivity index (χ0) is 26.2. The van der Waals surface area contributed by atoms with Crippen LogP contribution in [0.25, 0.3) is 0 Å². The summed E-state index contributed by atoms with van der Waals surface area (Å²) in [7, 11) is 1.41. The Balaban J connectivity index is 1.26. The first-order valence-corrected chi connectivity index (χ1v) is 12.6. The van der Waals surface area contributed by atoms with E-state index < -0.39 is 6.10 Å². The van der Waals surface area contributed by atoms with Gasteiger partial charge in [-0.05, 0) is 37.3 Å². The molecule has 1 fully saturated rings. The predicted molar refractivity (Wildman–Crippen MR) is 139 cm³/mol. The van der Waals surface area contributed by atoms with Gasteiger partial charge in [-0.1, -0.05) is 29.4 Å². The van der Waals surface area contributed by atoms with Gasteiger partial charge in [0.2, 0.25) is 0 Å². The molecular formula is C26H35N7O4. The molecule has 198 valence electrons. The van der Waals surface area contributed by atoms with Crippen LogP contribution in [0, 0.1) is 0 Å². The number of aliphatic hydroxyl groups excluding tert-OH is 1.